The van der Waals surface area contributed by atoms with E-state index in [4.69, 9.17) is 9.15 Å². The smallest absolute Gasteiger partial charge is 0.291 e. The molecule has 29 heavy (non-hydrogen) atoms. The SMILES string of the molecule is Cc1csc(CCCCNC(=O)COc2cccc(NC(=O)c3ccco3)c2)n1. The fourth-order valence-corrected chi connectivity index (χ4v) is 3.43. The molecule has 3 rings (SSSR count). The lowest BCUT2D eigenvalue weighted by atomic mass is 10.2. The Morgan fingerprint density at radius 3 is 2.86 bits per heavy atom. The molecule has 0 saturated heterocycles. The molecule has 2 amide bonds. The number of rotatable bonds is 10. The third-order valence-corrected chi connectivity index (χ3v) is 5.04. The van der Waals surface area contributed by atoms with Gasteiger partial charge in [-0.3, -0.25) is 9.59 Å². The molecule has 0 saturated carbocycles. The van der Waals surface area contributed by atoms with Crippen molar-refractivity contribution in [1.29, 1.82) is 0 Å². The highest BCUT2D eigenvalue weighted by molar-refractivity contribution is 7.09. The van der Waals surface area contributed by atoms with E-state index in [1.807, 2.05) is 12.3 Å². The first-order valence-corrected chi connectivity index (χ1v) is 10.2. The summed E-state index contributed by atoms with van der Waals surface area (Å²) in [5.41, 5.74) is 1.61. The van der Waals surface area contributed by atoms with Gasteiger partial charge in [0.25, 0.3) is 11.8 Å². The fraction of sp³-hybridized carbons (Fsp3) is 0.286. The van der Waals surface area contributed by atoms with Crippen molar-refractivity contribution in [1.82, 2.24) is 10.3 Å². The molecule has 0 aliphatic rings. The molecule has 1 aromatic carbocycles. The number of thiazole rings is 1. The number of nitrogens with zero attached hydrogens (tertiary/aromatic N) is 1. The van der Waals surface area contributed by atoms with Gasteiger partial charge in [-0.15, -0.1) is 11.3 Å². The third kappa shape index (κ3) is 6.76. The van der Waals surface area contributed by atoms with Crippen LogP contribution in [-0.4, -0.2) is 29.9 Å². The van der Waals surface area contributed by atoms with Crippen LogP contribution in [0.1, 0.15) is 34.1 Å². The van der Waals surface area contributed by atoms with Crippen molar-refractivity contribution >= 4 is 28.8 Å². The zero-order chi connectivity index (χ0) is 20.5. The number of hydrogen-bond acceptors (Lipinski definition) is 6. The normalized spacial score (nSPS) is 10.5. The summed E-state index contributed by atoms with van der Waals surface area (Å²) in [5.74, 6) is 0.190. The van der Waals surface area contributed by atoms with Gasteiger partial charge in [0, 0.05) is 29.4 Å². The zero-order valence-electron chi connectivity index (χ0n) is 16.1. The molecule has 0 aliphatic carbocycles. The number of aryl methyl sites for hydroxylation is 2. The quantitative estimate of drug-likeness (QED) is 0.493. The highest BCUT2D eigenvalue weighted by Crippen LogP contribution is 2.18. The predicted octanol–water partition coefficient (Wildman–Crippen LogP) is 3.81. The van der Waals surface area contributed by atoms with Gasteiger partial charge in [0.2, 0.25) is 0 Å². The van der Waals surface area contributed by atoms with E-state index in [1.165, 1.54) is 6.26 Å². The lowest BCUT2D eigenvalue weighted by Crippen LogP contribution is -2.29. The largest absolute Gasteiger partial charge is 0.484 e. The minimum Gasteiger partial charge on any atom is -0.484 e. The summed E-state index contributed by atoms with van der Waals surface area (Å²) in [6, 6.07) is 10.1. The molecular weight excluding hydrogens is 390 g/mol. The lowest BCUT2D eigenvalue weighted by molar-refractivity contribution is -0.123. The summed E-state index contributed by atoms with van der Waals surface area (Å²) in [5, 5.41) is 8.75. The molecule has 152 valence electrons. The fourth-order valence-electron chi connectivity index (χ4n) is 2.61. The van der Waals surface area contributed by atoms with E-state index in [1.54, 1.807) is 47.7 Å². The first-order valence-electron chi connectivity index (χ1n) is 9.35. The van der Waals surface area contributed by atoms with Crippen molar-refractivity contribution in [2.75, 3.05) is 18.5 Å². The second-order valence-corrected chi connectivity index (χ2v) is 7.38. The Morgan fingerprint density at radius 1 is 1.21 bits per heavy atom. The molecule has 0 atom stereocenters. The Balaban J connectivity index is 1.34. The van der Waals surface area contributed by atoms with Crippen LogP contribution in [0.3, 0.4) is 0 Å². The average Bonchev–Trinajstić information content (AvgIpc) is 3.38. The van der Waals surface area contributed by atoms with Crippen LogP contribution in [0.25, 0.3) is 0 Å². The first kappa shape index (κ1) is 20.6. The third-order valence-electron chi connectivity index (χ3n) is 4.01. The number of furan rings is 1. The average molecular weight is 413 g/mol. The monoisotopic (exact) mass is 413 g/mol. The number of ether oxygens (including phenoxy) is 1. The molecular formula is C21H23N3O4S. The molecule has 2 heterocycles. The van der Waals surface area contributed by atoms with Gasteiger partial charge in [-0.2, -0.15) is 0 Å². The van der Waals surface area contributed by atoms with E-state index in [0.717, 1.165) is 30.0 Å². The van der Waals surface area contributed by atoms with Gasteiger partial charge in [-0.1, -0.05) is 6.07 Å². The number of carbonyl (C=O) groups is 2. The van der Waals surface area contributed by atoms with Crippen LogP contribution in [0.15, 0.2) is 52.5 Å². The number of anilines is 1. The predicted molar refractivity (Wildman–Crippen MR) is 111 cm³/mol. The van der Waals surface area contributed by atoms with Gasteiger partial charge in [0.1, 0.15) is 5.75 Å². The van der Waals surface area contributed by atoms with Gasteiger partial charge in [0.05, 0.1) is 11.3 Å². The molecule has 7 nitrogen and oxygen atoms in total. The summed E-state index contributed by atoms with van der Waals surface area (Å²) >= 11 is 1.67. The summed E-state index contributed by atoms with van der Waals surface area (Å²) in [6.07, 6.45) is 4.23. The van der Waals surface area contributed by atoms with E-state index in [0.29, 0.717) is 18.0 Å². The highest BCUT2D eigenvalue weighted by atomic mass is 32.1. The number of amides is 2. The number of nitrogens with one attached hydrogen (secondary N) is 2. The van der Waals surface area contributed by atoms with Gasteiger partial charge >= 0.3 is 0 Å². The number of hydrogen-bond donors (Lipinski definition) is 2. The maximum atomic E-state index is 12.0. The van der Waals surface area contributed by atoms with E-state index in [2.05, 4.69) is 15.6 Å². The Morgan fingerprint density at radius 2 is 2.10 bits per heavy atom. The Hall–Kier alpha value is -3.13. The Bertz CT molecular complexity index is 937. The number of benzene rings is 1. The van der Waals surface area contributed by atoms with Gasteiger partial charge < -0.3 is 19.8 Å². The summed E-state index contributed by atoms with van der Waals surface area (Å²) < 4.78 is 10.6. The second-order valence-electron chi connectivity index (χ2n) is 6.44. The van der Waals surface area contributed by atoms with Crippen LogP contribution in [0.2, 0.25) is 0 Å². The summed E-state index contributed by atoms with van der Waals surface area (Å²) in [6.45, 7) is 2.51. The summed E-state index contributed by atoms with van der Waals surface area (Å²) in [7, 11) is 0. The molecule has 0 spiro atoms. The molecule has 8 heteroatoms. The second kappa shape index (κ2) is 10.4. The number of carbonyl (C=O) groups excluding carboxylic acids is 2. The van der Waals surface area contributed by atoms with Gasteiger partial charge in [-0.25, -0.2) is 4.98 Å². The van der Waals surface area contributed by atoms with Crippen LogP contribution < -0.4 is 15.4 Å². The molecule has 2 N–H and O–H groups in total. The Kier molecular flexibility index (Phi) is 7.40. The van der Waals surface area contributed by atoms with Crippen molar-refractivity contribution in [3.63, 3.8) is 0 Å². The topological polar surface area (TPSA) is 93.5 Å². The first-order chi connectivity index (χ1) is 14.1. The minimum absolute atomic E-state index is 0.0821. The lowest BCUT2D eigenvalue weighted by Gasteiger charge is -2.09. The summed E-state index contributed by atoms with van der Waals surface area (Å²) in [4.78, 5) is 28.4. The molecule has 0 radical (unpaired) electrons. The van der Waals surface area contributed by atoms with E-state index >= 15 is 0 Å². The van der Waals surface area contributed by atoms with E-state index < -0.39 is 0 Å². The van der Waals surface area contributed by atoms with Crippen LogP contribution in [0.4, 0.5) is 5.69 Å². The van der Waals surface area contributed by atoms with Crippen LogP contribution >= 0.6 is 11.3 Å². The molecule has 0 aliphatic heterocycles. The van der Waals surface area contributed by atoms with Crippen LogP contribution in [-0.2, 0) is 11.2 Å². The highest BCUT2D eigenvalue weighted by Gasteiger charge is 2.09. The number of aromatic nitrogens is 1. The van der Waals surface area contributed by atoms with Crippen molar-refractivity contribution in [2.24, 2.45) is 0 Å². The maximum Gasteiger partial charge on any atom is 0.291 e. The van der Waals surface area contributed by atoms with E-state index in [9.17, 15) is 9.59 Å². The minimum atomic E-state index is -0.349. The molecule has 0 fully saturated rings. The Labute approximate surface area is 173 Å². The van der Waals surface area contributed by atoms with Crippen molar-refractivity contribution in [3.8, 4) is 5.75 Å². The van der Waals surface area contributed by atoms with Gasteiger partial charge in [-0.05, 0) is 50.5 Å². The number of unbranched alkanes of at least 4 members (excludes halogenated alkanes) is 1. The molecule has 0 bridgehead atoms. The van der Waals surface area contributed by atoms with E-state index in [-0.39, 0.29) is 24.2 Å². The van der Waals surface area contributed by atoms with Crippen LogP contribution in [0, 0.1) is 6.92 Å². The molecule has 2 aromatic heterocycles. The molecule has 3 aromatic rings. The van der Waals surface area contributed by atoms with Crippen molar-refractivity contribution < 1.29 is 18.7 Å². The van der Waals surface area contributed by atoms with Gasteiger partial charge in [0.15, 0.2) is 12.4 Å². The van der Waals surface area contributed by atoms with Crippen molar-refractivity contribution in [3.05, 3.63) is 64.5 Å². The van der Waals surface area contributed by atoms with Crippen molar-refractivity contribution in [2.45, 2.75) is 26.2 Å². The molecule has 0 unspecified atom stereocenters. The maximum absolute atomic E-state index is 12.0. The zero-order valence-corrected chi connectivity index (χ0v) is 17.0. The standard InChI is InChI=1S/C21H23N3O4S/c1-15-14-29-20(23-15)9-2-3-10-22-19(25)13-28-17-7-4-6-16(12-17)24-21(26)18-8-5-11-27-18/h4-8,11-12,14H,2-3,9-10,13H2,1H3,(H,22,25)(H,24,26). The van der Waals surface area contributed by atoms with Crippen LogP contribution in [0.5, 0.6) is 5.75 Å².